The minimum absolute atomic E-state index is 0.0501. The Morgan fingerprint density at radius 3 is 2.29 bits per heavy atom. The van der Waals surface area contributed by atoms with Crippen molar-refractivity contribution in [2.75, 3.05) is 6.61 Å². The number of rotatable bonds is 3. The zero-order valence-electron chi connectivity index (χ0n) is 16.1. The van der Waals surface area contributed by atoms with Gasteiger partial charge >= 0.3 is 6.09 Å². The van der Waals surface area contributed by atoms with Crippen LogP contribution in [0.4, 0.5) is 4.79 Å². The summed E-state index contributed by atoms with van der Waals surface area (Å²) in [6, 6.07) is 16.5. The van der Waals surface area contributed by atoms with Crippen molar-refractivity contribution >= 4 is 11.9 Å². The van der Waals surface area contributed by atoms with Crippen LogP contribution in [-0.2, 0) is 9.53 Å². The summed E-state index contributed by atoms with van der Waals surface area (Å²) in [6.07, 6.45) is 3.70. The predicted octanol–water partition coefficient (Wildman–Crippen LogP) is 4.77. The number of ether oxygens (including phenoxy) is 1. The summed E-state index contributed by atoms with van der Waals surface area (Å²) in [4.78, 5) is 26.9. The van der Waals surface area contributed by atoms with Crippen LogP contribution in [0.25, 0.3) is 11.1 Å². The molecular weight excluding hydrogens is 350 g/mol. The molecule has 2 aromatic rings. The molecular formula is C24H25NO3. The molecule has 2 aromatic carbocycles. The third kappa shape index (κ3) is 2.66. The molecule has 3 atom stereocenters. The number of amides is 1. The zero-order chi connectivity index (χ0) is 19.3. The first kappa shape index (κ1) is 17.5. The Bertz CT molecular complexity index is 891. The molecule has 0 spiro atoms. The van der Waals surface area contributed by atoms with Gasteiger partial charge in [0.1, 0.15) is 6.61 Å². The summed E-state index contributed by atoms with van der Waals surface area (Å²) in [7, 11) is 0. The molecule has 1 aliphatic heterocycles. The molecule has 4 nitrogen and oxygen atoms in total. The van der Waals surface area contributed by atoms with Crippen LogP contribution in [-0.4, -0.2) is 35.5 Å². The lowest BCUT2D eigenvalue weighted by Gasteiger charge is -2.28. The number of hydrogen-bond donors (Lipinski definition) is 0. The number of fused-ring (bicyclic) bond motifs is 4. The summed E-state index contributed by atoms with van der Waals surface area (Å²) in [6.45, 7) is 1.90. The van der Waals surface area contributed by atoms with E-state index in [4.69, 9.17) is 4.74 Å². The lowest BCUT2D eigenvalue weighted by atomic mass is 9.98. The number of ketones is 1. The molecule has 144 valence electrons. The van der Waals surface area contributed by atoms with Crippen LogP contribution >= 0.6 is 0 Å². The molecule has 1 amide bonds. The maximum atomic E-state index is 13.0. The van der Waals surface area contributed by atoms with E-state index in [1.165, 1.54) is 22.3 Å². The van der Waals surface area contributed by atoms with Gasteiger partial charge in [-0.1, -0.05) is 55.0 Å². The van der Waals surface area contributed by atoms with Crippen LogP contribution < -0.4 is 0 Å². The van der Waals surface area contributed by atoms with E-state index in [2.05, 4.69) is 24.3 Å². The number of likely N-dealkylation sites (tertiary alicyclic amines) is 1. The highest BCUT2D eigenvalue weighted by Gasteiger charge is 2.48. The van der Waals surface area contributed by atoms with Crippen molar-refractivity contribution < 1.29 is 14.3 Å². The van der Waals surface area contributed by atoms with Crippen molar-refractivity contribution in [3.63, 3.8) is 0 Å². The van der Waals surface area contributed by atoms with Crippen LogP contribution in [0.3, 0.4) is 0 Å². The Hall–Kier alpha value is -2.62. The van der Waals surface area contributed by atoms with E-state index in [-0.39, 0.29) is 29.9 Å². The molecule has 3 aliphatic rings. The van der Waals surface area contributed by atoms with E-state index in [0.29, 0.717) is 12.5 Å². The van der Waals surface area contributed by atoms with Gasteiger partial charge in [0, 0.05) is 12.0 Å². The molecule has 2 fully saturated rings. The van der Waals surface area contributed by atoms with E-state index in [1.807, 2.05) is 24.3 Å². The van der Waals surface area contributed by atoms with Gasteiger partial charge in [0.05, 0.1) is 6.04 Å². The number of carbonyl (C=O) groups excluding carboxylic acids is 2. The first-order valence-corrected chi connectivity index (χ1v) is 10.3. The summed E-state index contributed by atoms with van der Waals surface area (Å²) in [5, 5.41) is 0. The Morgan fingerprint density at radius 1 is 1.00 bits per heavy atom. The Kier molecular flexibility index (Phi) is 4.22. The largest absolute Gasteiger partial charge is 0.448 e. The molecule has 5 rings (SSSR count). The van der Waals surface area contributed by atoms with Gasteiger partial charge in [0.2, 0.25) is 0 Å². The molecule has 0 radical (unpaired) electrons. The number of nitrogens with zero attached hydrogens (tertiary/aromatic N) is 1. The Balaban J connectivity index is 1.37. The smallest absolute Gasteiger partial charge is 0.410 e. The maximum Gasteiger partial charge on any atom is 0.410 e. The third-order valence-corrected chi connectivity index (χ3v) is 6.85. The molecule has 0 N–H and O–H groups in total. The summed E-state index contributed by atoms with van der Waals surface area (Å²) < 4.78 is 5.85. The lowest BCUT2D eigenvalue weighted by Crippen LogP contribution is -2.44. The van der Waals surface area contributed by atoms with Crippen molar-refractivity contribution in [1.82, 2.24) is 4.90 Å². The van der Waals surface area contributed by atoms with Crippen LogP contribution in [0.5, 0.6) is 0 Å². The second kappa shape index (κ2) is 6.77. The highest BCUT2D eigenvalue weighted by atomic mass is 16.6. The molecule has 1 saturated carbocycles. The number of hydrogen-bond acceptors (Lipinski definition) is 3. The van der Waals surface area contributed by atoms with Crippen LogP contribution in [0, 0.1) is 5.92 Å². The molecule has 0 bridgehead atoms. The lowest BCUT2D eigenvalue weighted by molar-refractivity contribution is -0.121. The van der Waals surface area contributed by atoms with Crippen molar-refractivity contribution in [2.45, 2.75) is 50.6 Å². The number of carbonyl (C=O) groups is 2. The predicted molar refractivity (Wildman–Crippen MR) is 107 cm³/mol. The Morgan fingerprint density at radius 2 is 1.64 bits per heavy atom. The fourth-order valence-corrected chi connectivity index (χ4v) is 5.58. The van der Waals surface area contributed by atoms with E-state index in [0.717, 1.165) is 25.7 Å². The second-order valence-corrected chi connectivity index (χ2v) is 8.33. The highest BCUT2D eigenvalue weighted by molar-refractivity contribution is 5.86. The minimum Gasteiger partial charge on any atom is -0.448 e. The van der Waals surface area contributed by atoms with Gasteiger partial charge < -0.3 is 4.74 Å². The molecule has 2 aliphatic carbocycles. The molecule has 0 unspecified atom stereocenters. The summed E-state index contributed by atoms with van der Waals surface area (Å²) in [5.41, 5.74) is 4.86. The topological polar surface area (TPSA) is 46.6 Å². The minimum atomic E-state index is -0.323. The van der Waals surface area contributed by atoms with Gasteiger partial charge in [-0.15, -0.1) is 0 Å². The Labute approximate surface area is 165 Å². The normalized spacial score (nSPS) is 25.3. The van der Waals surface area contributed by atoms with Crippen LogP contribution in [0.2, 0.25) is 0 Å². The summed E-state index contributed by atoms with van der Waals surface area (Å²) >= 11 is 0. The quantitative estimate of drug-likeness (QED) is 0.776. The monoisotopic (exact) mass is 375 g/mol. The van der Waals surface area contributed by atoms with Gasteiger partial charge in [-0.25, -0.2) is 4.79 Å². The second-order valence-electron chi connectivity index (χ2n) is 8.33. The average Bonchev–Trinajstić information content (AvgIpc) is 3.37. The van der Waals surface area contributed by atoms with Gasteiger partial charge in [0.25, 0.3) is 0 Å². The standard InChI is InChI=1S/C24H25NO3/c1-15(26)23-13-16-7-6-12-22(16)25(23)24(27)28-14-21-19-10-4-2-8-17(19)18-9-3-5-11-20(18)21/h2-5,8-11,16,21-23H,6-7,12-14H2,1H3/t16-,22-,23-/m0/s1. The van der Waals surface area contributed by atoms with Gasteiger partial charge in [-0.05, 0) is 54.4 Å². The van der Waals surface area contributed by atoms with Gasteiger partial charge in [-0.2, -0.15) is 0 Å². The molecule has 1 saturated heterocycles. The maximum absolute atomic E-state index is 13.0. The van der Waals surface area contributed by atoms with Crippen molar-refractivity contribution in [2.24, 2.45) is 5.92 Å². The summed E-state index contributed by atoms with van der Waals surface area (Å²) in [5.74, 6) is 0.575. The highest BCUT2D eigenvalue weighted by Crippen LogP contribution is 2.45. The van der Waals surface area contributed by atoms with Crippen LogP contribution in [0.1, 0.15) is 49.7 Å². The van der Waals surface area contributed by atoms with Crippen molar-refractivity contribution in [3.05, 3.63) is 59.7 Å². The van der Waals surface area contributed by atoms with Crippen molar-refractivity contribution in [1.29, 1.82) is 0 Å². The SMILES string of the molecule is CC(=O)[C@@H]1C[C@@H]2CCC[C@@H]2N1C(=O)OCC1c2ccccc2-c2ccccc21. The van der Waals surface area contributed by atoms with Crippen molar-refractivity contribution in [3.8, 4) is 11.1 Å². The fourth-order valence-electron chi connectivity index (χ4n) is 5.58. The molecule has 4 heteroatoms. The molecule has 1 heterocycles. The molecule has 28 heavy (non-hydrogen) atoms. The van der Waals surface area contributed by atoms with Gasteiger partial charge in [0.15, 0.2) is 5.78 Å². The third-order valence-electron chi connectivity index (χ3n) is 6.85. The zero-order valence-corrected chi connectivity index (χ0v) is 16.1. The van der Waals surface area contributed by atoms with E-state index < -0.39 is 0 Å². The number of Topliss-reactive ketones (excluding diaryl/α,β-unsaturated/α-hetero) is 1. The first-order chi connectivity index (χ1) is 13.6. The number of benzene rings is 2. The van der Waals surface area contributed by atoms with Gasteiger partial charge in [-0.3, -0.25) is 9.69 Å². The van der Waals surface area contributed by atoms with E-state index in [1.54, 1.807) is 11.8 Å². The average molecular weight is 375 g/mol. The van der Waals surface area contributed by atoms with Crippen LogP contribution in [0.15, 0.2) is 48.5 Å². The van der Waals surface area contributed by atoms with E-state index in [9.17, 15) is 9.59 Å². The fraction of sp³-hybridized carbons (Fsp3) is 0.417. The first-order valence-electron chi connectivity index (χ1n) is 10.3. The molecule has 0 aromatic heterocycles. The van der Waals surface area contributed by atoms with E-state index >= 15 is 0 Å².